The van der Waals surface area contributed by atoms with Crippen LogP contribution in [0.2, 0.25) is 5.02 Å². The molecule has 1 aromatic carbocycles. The highest BCUT2D eigenvalue weighted by molar-refractivity contribution is 6.30. The lowest BCUT2D eigenvalue weighted by Gasteiger charge is -2.09. The molecule has 0 spiro atoms. The van der Waals surface area contributed by atoms with E-state index in [2.05, 4.69) is 0 Å². The first-order valence-electron chi connectivity index (χ1n) is 8.14. The molecule has 0 radical (unpaired) electrons. The molecule has 0 atom stereocenters. The Balaban J connectivity index is 1.91. The topological polar surface area (TPSA) is 69.0 Å². The minimum atomic E-state index is -0.521. The van der Waals surface area contributed by atoms with Gasteiger partial charge in [0.05, 0.1) is 0 Å². The normalized spacial score (nSPS) is 10.7. The highest BCUT2D eigenvalue weighted by Gasteiger charge is 2.20. The Labute approximate surface area is 156 Å². The molecule has 0 aliphatic carbocycles. The Morgan fingerprint density at radius 1 is 1.15 bits per heavy atom. The molecule has 1 amide bonds. The van der Waals surface area contributed by atoms with E-state index in [1.54, 1.807) is 29.1 Å². The van der Waals surface area contributed by atoms with E-state index in [1.165, 1.54) is 0 Å². The third-order valence-corrected chi connectivity index (χ3v) is 4.54. The first kappa shape index (κ1) is 17.9. The van der Waals surface area contributed by atoms with Gasteiger partial charge in [0.15, 0.2) is 12.4 Å². The fraction of sp³-hybridized carbons (Fsp3) is 0.150. The monoisotopic (exact) mass is 368 g/mol. The molecule has 0 bridgehead atoms. The van der Waals surface area contributed by atoms with E-state index in [4.69, 9.17) is 17.3 Å². The second kappa shape index (κ2) is 7.14. The minimum absolute atomic E-state index is 0.0371. The molecule has 2 N–H and O–H groups in total. The number of nitrogens with zero attached hydrogens (tertiary/aromatic N) is 2. The van der Waals surface area contributed by atoms with Crippen LogP contribution in [-0.2, 0) is 6.54 Å². The van der Waals surface area contributed by atoms with Gasteiger partial charge >= 0.3 is 0 Å². The fourth-order valence-corrected chi connectivity index (χ4v) is 3.18. The van der Waals surface area contributed by atoms with Gasteiger partial charge in [-0.1, -0.05) is 11.6 Å². The summed E-state index contributed by atoms with van der Waals surface area (Å²) in [5, 5.41) is 0.665. The average molecular weight is 369 g/mol. The largest absolute Gasteiger partial charge is 0.365 e. The lowest BCUT2D eigenvalue weighted by atomic mass is 10.1. The Morgan fingerprint density at radius 2 is 1.85 bits per heavy atom. The zero-order valence-electron chi connectivity index (χ0n) is 14.6. The standard InChI is InChI=1S/C20H18ClN3O2/c1-13-10-18(14(2)24(13)17-7-5-16(21)6-8-17)19(25)12-23-9-3-4-15(11-23)20(22)26/h3-11H,12H2,1-2H3,(H-,22,26)/p+1. The van der Waals surface area contributed by atoms with Crippen LogP contribution in [0.15, 0.2) is 54.9 Å². The van der Waals surface area contributed by atoms with E-state index in [1.807, 2.05) is 48.7 Å². The smallest absolute Gasteiger partial charge is 0.254 e. The van der Waals surface area contributed by atoms with E-state index in [0.29, 0.717) is 16.1 Å². The molecule has 0 fully saturated rings. The summed E-state index contributed by atoms with van der Waals surface area (Å²) in [6.45, 7) is 4.00. The molecule has 0 aliphatic rings. The number of carbonyl (C=O) groups is 2. The molecular weight excluding hydrogens is 350 g/mol. The third-order valence-electron chi connectivity index (χ3n) is 4.29. The molecule has 3 rings (SSSR count). The van der Waals surface area contributed by atoms with Crippen LogP contribution >= 0.6 is 11.6 Å². The molecule has 132 valence electrons. The number of amides is 1. The second-order valence-electron chi connectivity index (χ2n) is 6.15. The van der Waals surface area contributed by atoms with Gasteiger partial charge in [0.2, 0.25) is 12.3 Å². The summed E-state index contributed by atoms with van der Waals surface area (Å²) in [5.74, 6) is -0.558. The summed E-state index contributed by atoms with van der Waals surface area (Å²) in [4.78, 5) is 24.1. The van der Waals surface area contributed by atoms with Crippen molar-refractivity contribution < 1.29 is 14.2 Å². The van der Waals surface area contributed by atoms with Gasteiger partial charge in [-0.15, -0.1) is 0 Å². The van der Waals surface area contributed by atoms with Gasteiger partial charge in [-0.2, -0.15) is 4.57 Å². The molecule has 5 nitrogen and oxygen atoms in total. The molecule has 0 saturated carbocycles. The van der Waals surface area contributed by atoms with Crippen LogP contribution in [0.25, 0.3) is 5.69 Å². The molecule has 2 aromatic heterocycles. The van der Waals surface area contributed by atoms with Crippen LogP contribution in [0.3, 0.4) is 0 Å². The molecule has 0 aliphatic heterocycles. The maximum absolute atomic E-state index is 12.8. The van der Waals surface area contributed by atoms with Crippen LogP contribution in [-0.4, -0.2) is 16.3 Å². The van der Waals surface area contributed by atoms with Crippen LogP contribution in [0, 0.1) is 13.8 Å². The number of aromatic nitrogens is 2. The van der Waals surface area contributed by atoms with Crippen molar-refractivity contribution in [3.8, 4) is 5.69 Å². The number of primary amides is 1. The molecule has 0 saturated heterocycles. The summed E-state index contributed by atoms with van der Waals surface area (Å²) < 4.78 is 3.69. The van der Waals surface area contributed by atoms with Crippen LogP contribution in [0.4, 0.5) is 0 Å². The second-order valence-corrected chi connectivity index (χ2v) is 6.59. The molecular formula is C20H19ClN3O2+. The van der Waals surface area contributed by atoms with E-state index in [9.17, 15) is 9.59 Å². The Morgan fingerprint density at radius 3 is 2.50 bits per heavy atom. The van der Waals surface area contributed by atoms with Crippen molar-refractivity contribution in [2.75, 3.05) is 0 Å². The van der Waals surface area contributed by atoms with Crippen LogP contribution in [0.1, 0.15) is 32.1 Å². The third kappa shape index (κ3) is 3.53. The highest BCUT2D eigenvalue weighted by Crippen LogP contribution is 2.22. The van der Waals surface area contributed by atoms with Gasteiger partial charge in [-0.3, -0.25) is 9.59 Å². The first-order chi connectivity index (χ1) is 12.4. The van der Waals surface area contributed by atoms with Crippen molar-refractivity contribution in [1.82, 2.24) is 4.57 Å². The van der Waals surface area contributed by atoms with E-state index in [0.717, 1.165) is 17.1 Å². The van der Waals surface area contributed by atoms with Crippen molar-refractivity contribution >= 4 is 23.3 Å². The SMILES string of the molecule is Cc1cc(C(=O)C[n+]2cccc(C(N)=O)c2)c(C)n1-c1ccc(Cl)cc1. The number of benzene rings is 1. The van der Waals surface area contributed by atoms with Gasteiger partial charge in [0.25, 0.3) is 5.91 Å². The zero-order chi connectivity index (χ0) is 18.8. The number of halogens is 1. The van der Waals surface area contributed by atoms with Gasteiger partial charge in [0.1, 0.15) is 5.56 Å². The molecule has 2 heterocycles. The van der Waals surface area contributed by atoms with Crippen molar-refractivity contribution in [3.05, 3.63) is 82.4 Å². The Kier molecular flexibility index (Phi) is 4.91. The lowest BCUT2D eigenvalue weighted by molar-refractivity contribution is -0.683. The minimum Gasteiger partial charge on any atom is -0.365 e. The van der Waals surface area contributed by atoms with Gasteiger partial charge in [0, 0.05) is 33.7 Å². The number of rotatable bonds is 5. The van der Waals surface area contributed by atoms with Crippen LogP contribution < -0.4 is 10.3 Å². The summed E-state index contributed by atoms with van der Waals surface area (Å²) in [6, 6.07) is 12.7. The number of hydrogen-bond donors (Lipinski definition) is 1. The molecule has 26 heavy (non-hydrogen) atoms. The maximum Gasteiger partial charge on any atom is 0.254 e. The molecule has 6 heteroatoms. The van der Waals surface area contributed by atoms with Crippen molar-refractivity contribution in [2.24, 2.45) is 5.73 Å². The van der Waals surface area contributed by atoms with Crippen molar-refractivity contribution in [1.29, 1.82) is 0 Å². The Hall–Kier alpha value is -2.92. The molecule has 0 unspecified atom stereocenters. The number of carbonyl (C=O) groups excluding carboxylic acids is 2. The van der Waals surface area contributed by atoms with Crippen molar-refractivity contribution in [2.45, 2.75) is 20.4 Å². The number of nitrogens with two attached hydrogens (primary N) is 1. The first-order valence-corrected chi connectivity index (χ1v) is 8.51. The average Bonchev–Trinajstić information content (AvgIpc) is 2.91. The van der Waals surface area contributed by atoms with Gasteiger partial charge in [-0.05, 0) is 50.2 Å². The Bertz CT molecular complexity index is 991. The van der Waals surface area contributed by atoms with E-state index in [-0.39, 0.29) is 12.3 Å². The fourth-order valence-electron chi connectivity index (χ4n) is 3.05. The van der Waals surface area contributed by atoms with Gasteiger partial charge < -0.3 is 10.3 Å². The number of Topliss-reactive ketones (excluding diaryl/α,β-unsaturated/α-hetero) is 1. The van der Waals surface area contributed by atoms with E-state index >= 15 is 0 Å². The summed E-state index contributed by atoms with van der Waals surface area (Å²) in [6.07, 6.45) is 3.32. The summed E-state index contributed by atoms with van der Waals surface area (Å²) >= 11 is 5.96. The van der Waals surface area contributed by atoms with Crippen molar-refractivity contribution in [3.63, 3.8) is 0 Å². The summed E-state index contributed by atoms with van der Waals surface area (Å²) in [5.41, 5.74) is 9.09. The van der Waals surface area contributed by atoms with Crippen LogP contribution in [0.5, 0.6) is 0 Å². The number of ketones is 1. The zero-order valence-corrected chi connectivity index (χ0v) is 15.3. The maximum atomic E-state index is 12.8. The predicted molar refractivity (Wildman–Crippen MR) is 99.7 cm³/mol. The quantitative estimate of drug-likeness (QED) is 0.555. The van der Waals surface area contributed by atoms with Gasteiger partial charge in [-0.25, -0.2) is 0 Å². The molecule has 3 aromatic rings. The number of hydrogen-bond acceptors (Lipinski definition) is 2. The van der Waals surface area contributed by atoms with E-state index < -0.39 is 5.91 Å². The number of aryl methyl sites for hydroxylation is 1. The summed E-state index contributed by atoms with van der Waals surface area (Å²) in [7, 11) is 0. The predicted octanol–water partition coefficient (Wildman–Crippen LogP) is 3.02. The lowest BCUT2D eigenvalue weighted by Crippen LogP contribution is -2.38. The number of pyridine rings is 1. The highest BCUT2D eigenvalue weighted by atomic mass is 35.5.